The van der Waals surface area contributed by atoms with Gasteiger partial charge < -0.3 is 30.1 Å². The summed E-state index contributed by atoms with van der Waals surface area (Å²) in [6, 6.07) is 14.4. The van der Waals surface area contributed by atoms with Crippen LogP contribution >= 0.6 is 23.5 Å². The molecule has 3 fully saturated rings. The van der Waals surface area contributed by atoms with Crippen molar-refractivity contribution in [2.24, 2.45) is 0 Å². The molecule has 40 heavy (non-hydrogen) atoms. The van der Waals surface area contributed by atoms with Crippen molar-refractivity contribution in [3.8, 4) is 0 Å². The Hall–Kier alpha value is -2.14. The van der Waals surface area contributed by atoms with Gasteiger partial charge in [-0.2, -0.15) is 0 Å². The van der Waals surface area contributed by atoms with Crippen molar-refractivity contribution in [3.63, 3.8) is 0 Å². The van der Waals surface area contributed by atoms with E-state index in [4.69, 9.17) is 9.47 Å². The Kier molecular flexibility index (Phi) is 8.02. The zero-order valence-corrected chi connectivity index (χ0v) is 24.4. The fourth-order valence-corrected chi connectivity index (χ4v) is 8.93. The number of fused-ring (bicyclic) bond motifs is 2. The van der Waals surface area contributed by atoms with E-state index in [2.05, 4.69) is 62.9 Å². The van der Waals surface area contributed by atoms with Crippen LogP contribution in [0.15, 0.2) is 73.8 Å². The average molecular weight is 579 g/mol. The molecule has 5 aliphatic rings. The van der Waals surface area contributed by atoms with E-state index in [1.165, 1.54) is 51.0 Å². The van der Waals surface area contributed by atoms with Crippen LogP contribution in [0.5, 0.6) is 0 Å². The third-order valence-electron chi connectivity index (χ3n) is 8.54. The molecule has 212 valence electrons. The monoisotopic (exact) mass is 578 g/mol. The number of aliphatic hydroxyl groups excluding tert-OH is 1. The Bertz CT molecular complexity index is 1290. The number of nitrogens with one attached hydrogen (secondary N) is 2. The van der Waals surface area contributed by atoms with Gasteiger partial charge in [0.05, 0.1) is 26.4 Å². The lowest BCUT2D eigenvalue weighted by atomic mass is 9.88. The molecule has 0 bridgehead atoms. The first-order valence-electron chi connectivity index (χ1n) is 14.6. The highest BCUT2D eigenvalue weighted by atomic mass is 32.2. The van der Waals surface area contributed by atoms with Crippen molar-refractivity contribution in [1.82, 2.24) is 15.1 Å². The lowest BCUT2D eigenvalue weighted by Crippen LogP contribution is -2.52. The van der Waals surface area contributed by atoms with Crippen LogP contribution in [0.1, 0.15) is 31.2 Å². The number of allylic oxidation sites excluding steroid dienone is 1. The molecule has 7 rings (SSSR count). The van der Waals surface area contributed by atoms with Crippen molar-refractivity contribution in [1.29, 1.82) is 0 Å². The van der Waals surface area contributed by atoms with Crippen LogP contribution < -0.4 is 10.6 Å². The van der Waals surface area contributed by atoms with Crippen LogP contribution in [0, 0.1) is 0 Å². The Morgan fingerprint density at radius 1 is 0.875 bits per heavy atom. The standard InChI is InChI=1S/C31H38N4O3S2/c36-30-20-22(34-10-14-37-15-11-34)19-25(33-30)23-4-3-7-28-31(23)40-27-9-8-21(18-29(27)39-28)32-24-5-1-2-6-26(24)35-12-16-38-17-13-35/h3-4,7-9,18-20,24,26,30,32-33,36H,1-2,5-6,10-17H2. The summed E-state index contributed by atoms with van der Waals surface area (Å²) in [5.41, 5.74) is 4.38. The second-order valence-corrected chi connectivity index (χ2v) is 13.2. The summed E-state index contributed by atoms with van der Waals surface area (Å²) in [7, 11) is 0. The van der Waals surface area contributed by atoms with Crippen LogP contribution in [0.4, 0.5) is 5.69 Å². The second kappa shape index (κ2) is 12.0. The van der Waals surface area contributed by atoms with Gasteiger partial charge in [0.15, 0.2) is 0 Å². The molecule has 3 unspecified atom stereocenters. The number of nitrogens with zero attached hydrogens (tertiary/aromatic N) is 2. The third-order valence-corrected chi connectivity index (χ3v) is 11.1. The van der Waals surface area contributed by atoms with Gasteiger partial charge in [0, 0.05) is 80.5 Å². The fraction of sp³-hybridized carbons (Fsp3) is 0.484. The lowest BCUT2D eigenvalue weighted by Gasteiger charge is -2.42. The number of hydrogen-bond acceptors (Lipinski definition) is 9. The topological polar surface area (TPSA) is 69.2 Å². The molecule has 0 radical (unpaired) electrons. The predicted molar refractivity (Wildman–Crippen MR) is 161 cm³/mol. The van der Waals surface area contributed by atoms with Gasteiger partial charge in [-0.3, -0.25) is 4.90 Å². The van der Waals surface area contributed by atoms with Gasteiger partial charge >= 0.3 is 0 Å². The minimum Gasteiger partial charge on any atom is -0.381 e. The normalized spacial score (nSPS) is 27.1. The molecule has 7 nitrogen and oxygen atoms in total. The smallest absolute Gasteiger partial charge is 0.146 e. The largest absolute Gasteiger partial charge is 0.381 e. The number of benzene rings is 2. The summed E-state index contributed by atoms with van der Waals surface area (Å²) >= 11 is 3.68. The summed E-state index contributed by atoms with van der Waals surface area (Å²) in [6.07, 6.45) is 8.47. The quantitative estimate of drug-likeness (QED) is 0.395. The molecule has 2 saturated heterocycles. The summed E-state index contributed by atoms with van der Waals surface area (Å²) in [5.74, 6) is 0. The fourth-order valence-electron chi connectivity index (χ4n) is 6.52. The molecule has 0 aromatic heterocycles. The molecule has 2 aromatic rings. The van der Waals surface area contributed by atoms with E-state index in [1.807, 2.05) is 29.6 Å². The molecule has 4 heterocycles. The van der Waals surface area contributed by atoms with Crippen LogP contribution in [0.2, 0.25) is 0 Å². The van der Waals surface area contributed by atoms with E-state index in [1.54, 1.807) is 0 Å². The van der Waals surface area contributed by atoms with E-state index in [9.17, 15) is 5.11 Å². The summed E-state index contributed by atoms with van der Waals surface area (Å²) < 4.78 is 11.2. The summed E-state index contributed by atoms with van der Waals surface area (Å²) in [5, 5.41) is 17.9. The van der Waals surface area contributed by atoms with Crippen molar-refractivity contribution >= 4 is 34.9 Å². The van der Waals surface area contributed by atoms with Gasteiger partial charge in [-0.05, 0) is 49.3 Å². The molecule has 1 saturated carbocycles. The third kappa shape index (κ3) is 5.65. The van der Waals surface area contributed by atoms with Crippen molar-refractivity contribution in [3.05, 3.63) is 59.8 Å². The minimum absolute atomic E-state index is 0.481. The summed E-state index contributed by atoms with van der Waals surface area (Å²) in [6.45, 7) is 6.94. The molecule has 0 spiro atoms. The molecule has 3 atom stereocenters. The minimum atomic E-state index is -0.711. The molecule has 3 N–H and O–H groups in total. The zero-order chi connectivity index (χ0) is 26.9. The van der Waals surface area contributed by atoms with Crippen LogP contribution in [-0.4, -0.2) is 85.8 Å². The highest BCUT2D eigenvalue weighted by Gasteiger charge is 2.31. The first-order valence-corrected chi connectivity index (χ1v) is 16.3. The molecule has 4 aliphatic heterocycles. The maximum Gasteiger partial charge on any atom is 0.146 e. The number of hydrogen-bond donors (Lipinski definition) is 3. The van der Waals surface area contributed by atoms with Gasteiger partial charge in [-0.25, -0.2) is 0 Å². The van der Waals surface area contributed by atoms with Crippen LogP contribution in [0.25, 0.3) is 5.70 Å². The molecule has 9 heteroatoms. The molecular formula is C31H38N4O3S2. The maximum absolute atomic E-state index is 10.7. The van der Waals surface area contributed by atoms with Gasteiger partial charge in [0.2, 0.25) is 0 Å². The van der Waals surface area contributed by atoms with Crippen molar-refractivity contribution in [2.45, 2.75) is 63.6 Å². The summed E-state index contributed by atoms with van der Waals surface area (Å²) in [4.78, 5) is 10.0. The number of rotatable bonds is 5. The van der Waals surface area contributed by atoms with E-state index >= 15 is 0 Å². The number of aliphatic hydroxyl groups is 1. The van der Waals surface area contributed by atoms with Crippen LogP contribution in [0.3, 0.4) is 0 Å². The van der Waals surface area contributed by atoms with Gasteiger partial charge in [-0.1, -0.05) is 48.5 Å². The van der Waals surface area contributed by atoms with Crippen molar-refractivity contribution in [2.75, 3.05) is 57.9 Å². The van der Waals surface area contributed by atoms with E-state index in [0.717, 1.165) is 69.6 Å². The van der Waals surface area contributed by atoms with E-state index < -0.39 is 6.23 Å². The van der Waals surface area contributed by atoms with Gasteiger partial charge in [0.1, 0.15) is 6.23 Å². The lowest BCUT2D eigenvalue weighted by molar-refractivity contribution is 0.00560. The maximum atomic E-state index is 10.7. The molecule has 2 aromatic carbocycles. The van der Waals surface area contributed by atoms with Crippen molar-refractivity contribution < 1.29 is 14.6 Å². The molecule has 0 amide bonds. The van der Waals surface area contributed by atoms with E-state index in [0.29, 0.717) is 12.1 Å². The van der Waals surface area contributed by atoms with E-state index in [-0.39, 0.29) is 0 Å². The Balaban J connectivity index is 1.10. The Labute approximate surface area is 245 Å². The highest BCUT2D eigenvalue weighted by Crippen LogP contribution is 2.51. The number of dihydropyridines is 1. The SMILES string of the molecule is OC1C=C(N2CCOCC2)C=C(c2cccc3c2Sc2ccc(NC4CCCCC4N4CCOCC4)cc2S3)N1. The number of anilines is 1. The first kappa shape index (κ1) is 26.7. The van der Waals surface area contributed by atoms with Crippen LogP contribution in [-0.2, 0) is 9.47 Å². The Morgan fingerprint density at radius 2 is 1.68 bits per heavy atom. The van der Waals surface area contributed by atoms with Gasteiger partial charge in [0.25, 0.3) is 0 Å². The average Bonchev–Trinajstić information content (AvgIpc) is 3.00. The molecular weight excluding hydrogens is 541 g/mol. The second-order valence-electron chi connectivity index (χ2n) is 11.1. The first-order chi connectivity index (χ1) is 19.7. The van der Waals surface area contributed by atoms with Gasteiger partial charge in [-0.15, -0.1) is 0 Å². The Morgan fingerprint density at radius 3 is 2.52 bits per heavy atom. The predicted octanol–water partition coefficient (Wildman–Crippen LogP) is 4.84. The zero-order valence-electron chi connectivity index (χ0n) is 22.8. The number of ether oxygens (including phenoxy) is 2. The highest BCUT2D eigenvalue weighted by molar-refractivity contribution is 8.05. The molecule has 1 aliphatic carbocycles. The number of morpholine rings is 2.